The molecule has 1 heterocycles. The lowest BCUT2D eigenvalue weighted by molar-refractivity contribution is 0.154. The number of nitrogens with one attached hydrogen (secondary N) is 1. The number of hydrogen-bond donors (Lipinski definition) is 2. The lowest BCUT2D eigenvalue weighted by atomic mass is 9.80. The third-order valence-corrected chi connectivity index (χ3v) is 4.43. The van der Waals surface area contributed by atoms with Gasteiger partial charge in [-0.2, -0.15) is 0 Å². The maximum Gasteiger partial charge on any atom is 0.0610 e. The Hall–Kier alpha value is -0.120. The van der Waals surface area contributed by atoms with Crippen molar-refractivity contribution in [2.75, 3.05) is 33.3 Å². The highest BCUT2D eigenvalue weighted by atomic mass is 16.3. The highest BCUT2D eigenvalue weighted by Crippen LogP contribution is 2.33. The zero-order valence-electron chi connectivity index (χ0n) is 12.2. The third-order valence-electron chi connectivity index (χ3n) is 4.43. The molecule has 1 fully saturated rings. The van der Waals surface area contributed by atoms with E-state index < -0.39 is 0 Å². The molecule has 0 amide bonds. The minimum Gasteiger partial charge on any atom is -0.394 e. The molecule has 102 valence electrons. The first-order chi connectivity index (χ1) is 7.80. The Bertz CT molecular complexity index is 231. The van der Waals surface area contributed by atoms with E-state index in [0.717, 1.165) is 18.9 Å². The monoisotopic (exact) mass is 242 g/mol. The summed E-state index contributed by atoms with van der Waals surface area (Å²) >= 11 is 0. The molecule has 0 aromatic heterocycles. The van der Waals surface area contributed by atoms with Crippen molar-refractivity contribution < 1.29 is 5.11 Å². The molecular formula is C14H30N2O. The van der Waals surface area contributed by atoms with Crippen LogP contribution in [0.4, 0.5) is 0 Å². The summed E-state index contributed by atoms with van der Waals surface area (Å²) in [5, 5.41) is 12.6. The van der Waals surface area contributed by atoms with Gasteiger partial charge < -0.3 is 15.3 Å². The molecule has 2 unspecified atom stereocenters. The quantitative estimate of drug-likeness (QED) is 0.770. The van der Waals surface area contributed by atoms with E-state index in [9.17, 15) is 5.11 Å². The van der Waals surface area contributed by atoms with Crippen LogP contribution in [0.3, 0.4) is 0 Å². The van der Waals surface area contributed by atoms with E-state index in [-0.39, 0.29) is 12.1 Å². The summed E-state index contributed by atoms with van der Waals surface area (Å²) in [5.74, 6) is 0.817. The Morgan fingerprint density at radius 2 is 1.94 bits per heavy atom. The van der Waals surface area contributed by atoms with E-state index in [1.807, 2.05) is 7.05 Å². The van der Waals surface area contributed by atoms with E-state index in [2.05, 4.69) is 37.9 Å². The third kappa shape index (κ3) is 4.23. The van der Waals surface area contributed by atoms with Crippen molar-refractivity contribution in [2.24, 2.45) is 11.3 Å². The van der Waals surface area contributed by atoms with E-state index >= 15 is 0 Å². The predicted octanol–water partition coefficient (Wildman–Crippen LogP) is 1.71. The maximum absolute atomic E-state index is 9.36. The first kappa shape index (κ1) is 14.9. The molecule has 0 aromatic rings. The molecule has 0 spiro atoms. The number of rotatable bonds is 5. The summed E-state index contributed by atoms with van der Waals surface area (Å²) < 4.78 is 0. The minimum absolute atomic E-state index is 0.125. The lowest BCUT2D eigenvalue weighted by Crippen LogP contribution is -2.45. The van der Waals surface area contributed by atoms with E-state index in [1.165, 1.54) is 19.5 Å². The van der Waals surface area contributed by atoms with Gasteiger partial charge in [0.2, 0.25) is 0 Å². The van der Waals surface area contributed by atoms with Crippen LogP contribution in [0.5, 0.6) is 0 Å². The van der Waals surface area contributed by atoms with Gasteiger partial charge in [-0.15, -0.1) is 0 Å². The van der Waals surface area contributed by atoms with Crippen LogP contribution in [0, 0.1) is 11.3 Å². The number of aliphatic hydroxyl groups is 1. The van der Waals surface area contributed by atoms with Gasteiger partial charge >= 0.3 is 0 Å². The molecular weight excluding hydrogens is 212 g/mol. The summed E-state index contributed by atoms with van der Waals surface area (Å²) in [6.45, 7) is 12.8. The van der Waals surface area contributed by atoms with Gasteiger partial charge in [0.15, 0.2) is 0 Å². The van der Waals surface area contributed by atoms with Crippen LogP contribution >= 0.6 is 0 Å². The summed E-state index contributed by atoms with van der Waals surface area (Å²) in [5.41, 5.74) is 0.303. The molecule has 2 atom stereocenters. The standard InChI is InChI=1S/C14H30N2O/c1-13(2,3)12-6-8-16(10-12)9-7-14(4,11-17)15-5/h12,15,17H,6-11H2,1-5H3. The number of aliphatic hydroxyl groups excluding tert-OH is 1. The molecule has 0 aromatic carbocycles. The number of nitrogens with zero attached hydrogens (tertiary/aromatic N) is 1. The molecule has 3 heteroatoms. The van der Waals surface area contributed by atoms with Crippen LogP contribution < -0.4 is 5.32 Å². The highest BCUT2D eigenvalue weighted by Gasteiger charge is 2.32. The number of likely N-dealkylation sites (N-methyl/N-ethyl adjacent to an activating group) is 1. The molecule has 1 aliphatic heterocycles. The smallest absolute Gasteiger partial charge is 0.0610 e. The zero-order valence-corrected chi connectivity index (χ0v) is 12.2. The van der Waals surface area contributed by atoms with Crippen molar-refractivity contribution in [1.29, 1.82) is 0 Å². The molecule has 0 saturated carbocycles. The van der Waals surface area contributed by atoms with Gasteiger partial charge in [0.25, 0.3) is 0 Å². The summed E-state index contributed by atoms with van der Waals surface area (Å²) in [6, 6.07) is 0. The second kappa shape index (κ2) is 5.68. The number of likely N-dealkylation sites (tertiary alicyclic amines) is 1. The van der Waals surface area contributed by atoms with Crippen molar-refractivity contribution in [3.05, 3.63) is 0 Å². The highest BCUT2D eigenvalue weighted by molar-refractivity contribution is 4.87. The van der Waals surface area contributed by atoms with Crippen molar-refractivity contribution in [3.8, 4) is 0 Å². The van der Waals surface area contributed by atoms with Crippen LogP contribution in [0.15, 0.2) is 0 Å². The van der Waals surface area contributed by atoms with Gasteiger partial charge in [-0.1, -0.05) is 20.8 Å². The van der Waals surface area contributed by atoms with Crippen LogP contribution in [-0.4, -0.2) is 48.8 Å². The first-order valence-corrected chi connectivity index (χ1v) is 6.83. The fourth-order valence-corrected chi connectivity index (χ4v) is 2.43. The SMILES string of the molecule is CNC(C)(CO)CCN1CCC(C(C)(C)C)C1. The summed E-state index contributed by atoms with van der Waals surface area (Å²) in [6.07, 6.45) is 2.33. The zero-order chi connectivity index (χ0) is 13.1. The Kier molecular flexibility index (Phi) is 4.99. The average molecular weight is 242 g/mol. The molecule has 0 bridgehead atoms. The van der Waals surface area contributed by atoms with Crippen LogP contribution in [-0.2, 0) is 0 Å². The summed E-state index contributed by atoms with van der Waals surface area (Å²) in [4.78, 5) is 2.54. The molecule has 0 aliphatic carbocycles. The van der Waals surface area contributed by atoms with Crippen LogP contribution in [0.2, 0.25) is 0 Å². The van der Waals surface area contributed by atoms with Gasteiger partial charge in [0, 0.05) is 12.1 Å². The van der Waals surface area contributed by atoms with E-state index in [4.69, 9.17) is 0 Å². The number of hydrogen-bond acceptors (Lipinski definition) is 3. The van der Waals surface area contributed by atoms with Crippen molar-refractivity contribution in [3.63, 3.8) is 0 Å². The predicted molar refractivity (Wildman–Crippen MR) is 73.2 cm³/mol. The Labute approximate surface area is 107 Å². The summed E-state index contributed by atoms with van der Waals surface area (Å²) in [7, 11) is 1.93. The van der Waals surface area contributed by atoms with Crippen LogP contribution in [0.25, 0.3) is 0 Å². The topological polar surface area (TPSA) is 35.5 Å². The van der Waals surface area contributed by atoms with Crippen molar-refractivity contribution in [2.45, 2.75) is 46.1 Å². The van der Waals surface area contributed by atoms with E-state index in [0.29, 0.717) is 5.41 Å². The molecule has 1 rings (SSSR count). The lowest BCUT2D eigenvalue weighted by Gasteiger charge is -2.30. The normalized spacial score (nSPS) is 26.1. The fourth-order valence-electron chi connectivity index (χ4n) is 2.43. The van der Waals surface area contributed by atoms with Crippen LogP contribution in [0.1, 0.15) is 40.5 Å². The van der Waals surface area contributed by atoms with Gasteiger partial charge in [0.1, 0.15) is 0 Å². The molecule has 1 aliphatic rings. The largest absolute Gasteiger partial charge is 0.394 e. The van der Waals surface area contributed by atoms with E-state index in [1.54, 1.807) is 0 Å². The molecule has 1 saturated heterocycles. The Balaban J connectivity index is 2.36. The maximum atomic E-state index is 9.36. The first-order valence-electron chi connectivity index (χ1n) is 6.83. The second-order valence-electron chi connectivity index (χ2n) is 6.87. The Morgan fingerprint density at radius 1 is 1.29 bits per heavy atom. The van der Waals surface area contributed by atoms with Gasteiger partial charge in [-0.25, -0.2) is 0 Å². The molecule has 0 radical (unpaired) electrons. The molecule has 3 nitrogen and oxygen atoms in total. The molecule has 17 heavy (non-hydrogen) atoms. The van der Waals surface area contributed by atoms with Gasteiger partial charge in [-0.05, 0) is 51.2 Å². The van der Waals surface area contributed by atoms with Gasteiger partial charge in [-0.3, -0.25) is 0 Å². The van der Waals surface area contributed by atoms with Gasteiger partial charge in [0.05, 0.1) is 6.61 Å². The van der Waals surface area contributed by atoms with Crippen molar-refractivity contribution >= 4 is 0 Å². The fraction of sp³-hybridized carbons (Fsp3) is 1.00. The molecule has 2 N–H and O–H groups in total. The Morgan fingerprint density at radius 3 is 2.35 bits per heavy atom. The average Bonchev–Trinajstić information content (AvgIpc) is 2.74. The van der Waals surface area contributed by atoms with Crippen molar-refractivity contribution in [1.82, 2.24) is 10.2 Å². The second-order valence-corrected chi connectivity index (χ2v) is 6.87. The minimum atomic E-state index is -0.125.